The average molecular weight is 242 g/mol. The van der Waals surface area contributed by atoms with E-state index < -0.39 is 5.97 Å². The molecule has 1 aliphatic carbocycles. The molecule has 5 nitrogen and oxygen atoms in total. The van der Waals surface area contributed by atoms with Crippen molar-refractivity contribution in [1.82, 2.24) is 10.2 Å². The molecule has 2 N–H and O–H groups in total. The zero-order chi connectivity index (χ0) is 12.8. The van der Waals surface area contributed by atoms with Crippen LogP contribution in [0.1, 0.15) is 32.6 Å². The lowest BCUT2D eigenvalue weighted by atomic mass is 9.82. The van der Waals surface area contributed by atoms with E-state index in [1.807, 2.05) is 6.92 Å². The lowest BCUT2D eigenvalue weighted by Crippen LogP contribution is -2.40. The van der Waals surface area contributed by atoms with E-state index in [4.69, 9.17) is 5.11 Å². The van der Waals surface area contributed by atoms with Gasteiger partial charge in [0.25, 0.3) is 0 Å². The molecule has 0 radical (unpaired) electrons. The number of amides is 2. The van der Waals surface area contributed by atoms with Crippen molar-refractivity contribution in [1.29, 1.82) is 0 Å². The first-order valence-corrected chi connectivity index (χ1v) is 6.26. The van der Waals surface area contributed by atoms with Gasteiger partial charge in [-0.1, -0.05) is 0 Å². The Labute approximate surface area is 102 Å². The molecule has 1 rings (SSSR count). The predicted octanol–water partition coefficient (Wildman–Crippen LogP) is 1.54. The molecular weight excluding hydrogens is 220 g/mol. The molecule has 1 aliphatic rings. The first-order chi connectivity index (χ1) is 8.04. The monoisotopic (exact) mass is 242 g/mol. The van der Waals surface area contributed by atoms with Crippen LogP contribution in [-0.4, -0.2) is 42.1 Å². The molecule has 5 heteroatoms. The van der Waals surface area contributed by atoms with Gasteiger partial charge in [0, 0.05) is 20.1 Å². The number of hydrogen-bond acceptors (Lipinski definition) is 2. The smallest absolute Gasteiger partial charge is 0.317 e. The van der Waals surface area contributed by atoms with Gasteiger partial charge in [-0.3, -0.25) is 4.79 Å². The van der Waals surface area contributed by atoms with Crippen molar-refractivity contribution in [2.75, 3.05) is 20.1 Å². The van der Waals surface area contributed by atoms with Crippen LogP contribution < -0.4 is 5.32 Å². The zero-order valence-corrected chi connectivity index (χ0v) is 10.6. The average Bonchev–Trinajstić information content (AvgIpc) is 2.35. The van der Waals surface area contributed by atoms with Gasteiger partial charge in [0.05, 0.1) is 5.92 Å². The van der Waals surface area contributed by atoms with Crippen LogP contribution in [0.25, 0.3) is 0 Å². The van der Waals surface area contributed by atoms with Crippen molar-refractivity contribution in [2.24, 2.45) is 11.8 Å². The SMILES string of the molecule is CCN(C)C(=O)NCC1CCC(C(=O)O)CC1. The molecule has 0 spiro atoms. The second kappa shape index (κ2) is 6.47. The van der Waals surface area contributed by atoms with Gasteiger partial charge in [-0.2, -0.15) is 0 Å². The van der Waals surface area contributed by atoms with Crippen LogP contribution in [0.3, 0.4) is 0 Å². The number of hydrogen-bond donors (Lipinski definition) is 2. The highest BCUT2D eigenvalue weighted by atomic mass is 16.4. The lowest BCUT2D eigenvalue weighted by molar-refractivity contribution is -0.143. The first-order valence-electron chi connectivity index (χ1n) is 6.26. The standard InChI is InChI=1S/C12H22N2O3/c1-3-14(2)12(17)13-8-9-4-6-10(7-5-9)11(15)16/h9-10H,3-8H2,1-2H3,(H,13,17)(H,15,16). The first kappa shape index (κ1) is 13.8. The van der Waals surface area contributed by atoms with Crippen LogP contribution in [0.5, 0.6) is 0 Å². The van der Waals surface area contributed by atoms with Crippen molar-refractivity contribution in [3.8, 4) is 0 Å². The van der Waals surface area contributed by atoms with Gasteiger partial charge in [-0.15, -0.1) is 0 Å². The second-order valence-electron chi connectivity index (χ2n) is 4.76. The van der Waals surface area contributed by atoms with E-state index in [1.165, 1.54) is 0 Å². The summed E-state index contributed by atoms with van der Waals surface area (Å²) in [7, 11) is 1.76. The predicted molar refractivity (Wildman–Crippen MR) is 64.8 cm³/mol. The van der Waals surface area contributed by atoms with Crippen molar-refractivity contribution in [3.05, 3.63) is 0 Å². The Morgan fingerprint density at radius 3 is 2.35 bits per heavy atom. The summed E-state index contributed by atoms with van der Waals surface area (Å²) < 4.78 is 0. The second-order valence-corrected chi connectivity index (χ2v) is 4.76. The summed E-state index contributed by atoms with van der Waals surface area (Å²) in [5.74, 6) is -0.432. The molecule has 0 bridgehead atoms. The number of rotatable bonds is 4. The largest absolute Gasteiger partial charge is 0.481 e. The molecule has 1 saturated carbocycles. The Bertz CT molecular complexity index is 273. The number of carbonyl (C=O) groups excluding carboxylic acids is 1. The molecule has 2 amide bonds. The van der Waals surface area contributed by atoms with Crippen LogP contribution in [0.2, 0.25) is 0 Å². The number of urea groups is 1. The number of carboxylic acids is 1. The van der Waals surface area contributed by atoms with Gasteiger partial charge in [0.15, 0.2) is 0 Å². The lowest BCUT2D eigenvalue weighted by Gasteiger charge is -2.27. The molecule has 0 aromatic rings. The Morgan fingerprint density at radius 2 is 1.88 bits per heavy atom. The molecule has 0 heterocycles. The van der Waals surface area contributed by atoms with Crippen molar-refractivity contribution in [2.45, 2.75) is 32.6 Å². The van der Waals surface area contributed by atoms with E-state index in [2.05, 4.69) is 5.32 Å². The highest BCUT2D eigenvalue weighted by Crippen LogP contribution is 2.28. The van der Waals surface area contributed by atoms with E-state index in [0.29, 0.717) is 19.0 Å². The number of aliphatic carboxylic acids is 1. The summed E-state index contributed by atoms with van der Waals surface area (Å²) >= 11 is 0. The highest BCUT2D eigenvalue weighted by molar-refractivity contribution is 5.73. The molecule has 0 unspecified atom stereocenters. The molecule has 0 atom stereocenters. The summed E-state index contributed by atoms with van der Waals surface area (Å²) in [6.07, 6.45) is 3.26. The fraction of sp³-hybridized carbons (Fsp3) is 0.833. The van der Waals surface area contributed by atoms with Crippen molar-refractivity contribution < 1.29 is 14.7 Å². The number of nitrogens with zero attached hydrogens (tertiary/aromatic N) is 1. The van der Waals surface area contributed by atoms with E-state index in [0.717, 1.165) is 25.7 Å². The Hall–Kier alpha value is -1.26. The quantitative estimate of drug-likeness (QED) is 0.785. The maximum Gasteiger partial charge on any atom is 0.317 e. The van der Waals surface area contributed by atoms with E-state index in [-0.39, 0.29) is 11.9 Å². The van der Waals surface area contributed by atoms with Gasteiger partial charge >= 0.3 is 12.0 Å². The number of carbonyl (C=O) groups is 2. The van der Waals surface area contributed by atoms with E-state index in [9.17, 15) is 9.59 Å². The van der Waals surface area contributed by atoms with Crippen molar-refractivity contribution in [3.63, 3.8) is 0 Å². The maximum absolute atomic E-state index is 11.5. The van der Waals surface area contributed by atoms with E-state index in [1.54, 1.807) is 11.9 Å². The third-order valence-electron chi connectivity index (χ3n) is 3.56. The van der Waals surface area contributed by atoms with E-state index >= 15 is 0 Å². The number of nitrogens with one attached hydrogen (secondary N) is 1. The summed E-state index contributed by atoms with van der Waals surface area (Å²) in [6, 6.07) is -0.0483. The molecule has 1 fully saturated rings. The minimum atomic E-state index is -0.682. The Balaban J connectivity index is 2.22. The zero-order valence-electron chi connectivity index (χ0n) is 10.6. The van der Waals surface area contributed by atoms with Crippen LogP contribution in [0.15, 0.2) is 0 Å². The molecule has 98 valence electrons. The summed E-state index contributed by atoms with van der Waals surface area (Å²) in [5.41, 5.74) is 0. The normalized spacial score (nSPS) is 24.1. The topological polar surface area (TPSA) is 69.6 Å². The molecule has 0 aliphatic heterocycles. The minimum absolute atomic E-state index is 0.0483. The van der Waals surface area contributed by atoms with Gasteiger partial charge in [-0.05, 0) is 38.5 Å². The fourth-order valence-corrected chi connectivity index (χ4v) is 2.12. The van der Waals surface area contributed by atoms with Gasteiger partial charge in [0.2, 0.25) is 0 Å². The maximum atomic E-state index is 11.5. The van der Waals surface area contributed by atoms with Gasteiger partial charge in [0.1, 0.15) is 0 Å². The van der Waals surface area contributed by atoms with Crippen LogP contribution in [0, 0.1) is 11.8 Å². The van der Waals surface area contributed by atoms with Crippen LogP contribution in [-0.2, 0) is 4.79 Å². The third-order valence-corrected chi connectivity index (χ3v) is 3.56. The molecule has 17 heavy (non-hydrogen) atoms. The molecule has 0 aromatic heterocycles. The summed E-state index contributed by atoms with van der Waals surface area (Å²) in [4.78, 5) is 23.9. The van der Waals surface area contributed by atoms with Gasteiger partial charge < -0.3 is 15.3 Å². The minimum Gasteiger partial charge on any atom is -0.481 e. The third kappa shape index (κ3) is 4.24. The highest BCUT2D eigenvalue weighted by Gasteiger charge is 2.26. The molecule has 0 aromatic carbocycles. The Morgan fingerprint density at radius 1 is 1.29 bits per heavy atom. The molecular formula is C12H22N2O3. The van der Waals surface area contributed by atoms with Gasteiger partial charge in [-0.25, -0.2) is 4.79 Å². The Kier molecular flexibility index (Phi) is 5.25. The van der Waals surface area contributed by atoms with Crippen LogP contribution in [0.4, 0.5) is 4.79 Å². The van der Waals surface area contributed by atoms with Crippen LogP contribution >= 0.6 is 0 Å². The summed E-state index contributed by atoms with van der Waals surface area (Å²) in [5, 5.41) is 11.8. The van der Waals surface area contributed by atoms with Crippen molar-refractivity contribution >= 4 is 12.0 Å². The fourth-order valence-electron chi connectivity index (χ4n) is 2.12. The number of carboxylic acid groups (broad SMARTS) is 1. The molecule has 0 saturated heterocycles. The summed E-state index contributed by atoms with van der Waals surface area (Å²) in [6.45, 7) is 3.28.